The van der Waals surface area contributed by atoms with Crippen LogP contribution in [0.25, 0.3) is 0 Å². The van der Waals surface area contributed by atoms with Gasteiger partial charge in [0.1, 0.15) is 17.4 Å². The lowest BCUT2D eigenvalue weighted by molar-refractivity contribution is -0.117. The van der Waals surface area contributed by atoms with Gasteiger partial charge in [0.25, 0.3) is 0 Å². The molecule has 6 heteroatoms. The van der Waals surface area contributed by atoms with Crippen LogP contribution in [0.3, 0.4) is 0 Å². The topological polar surface area (TPSA) is 87.7 Å². The molecule has 0 unspecified atom stereocenters. The van der Waals surface area contributed by atoms with Crippen LogP contribution in [-0.2, 0) is 4.79 Å². The fourth-order valence-corrected chi connectivity index (χ4v) is 1.82. The van der Waals surface area contributed by atoms with Crippen molar-refractivity contribution in [3.8, 4) is 5.75 Å². The van der Waals surface area contributed by atoms with Crippen LogP contribution in [0.1, 0.15) is 26.3 Å². The number of nitrogens with two attached hydrogens (primary N) is 1. The van der Waals surface area contributed by atoms with Crippen molar-refractivity contribution in [3.05, 3.63) is 65.0 Å². The fourth-order valence-electron chi connectivity index (χ4n) is 1.65. The summed E-state index contributed by atoms with van der Waals surface area (Å²) >= 11 is 5.65. The Balaban J connectivity index is 0.000000496. The summed E-state index contributed by atoms with van der Waals surface area (Å²) in [6.07, 6.45) is 1.81. The summed E-state index contributed by atoms with van der Waals surface area (Å²) in [5.74, 6) is 0.558. The third kappa shape index (κ3) is 7.65. The second kappa shape index (κ2) is 10.3. The Morgan fingerprint density at radius 1 is 1.38 bits per heavy atom. The molecule has 0 fully saturated rings. The van der Waals surface area contributed by atoms with Crippen molar-refractivity contribution in [2.45, 2.75) is 27.7 Å². The lowest BCUT2D eigenvalue weighted by Gasteiger charge is -2.10. The lowest BCUT2D eigenvalue weighted by Crippen LogP contribution is -2.30. The van der Waals surface area contributed by atoms with E-state index in [0.717, 1.165) is 16.7 Å². The Morgan fingerprint density at radius 2 is 1.96 bits per heavy atom. The number of amidine groups is 1. The zero-order valence-corrected chi connectivity index (χ0v) is 15.2. The fraction of sp³-hybridized carbons (Fsp3) is 0.222. The van der Waals surface area contributed by atoms with Gasteiger partial charge in [-0.3, -0.25) is 4.79 Å². The van der Waals surface area contributed by atoms with Gasteiger partial charge in [0.15, 0.2) is 0 Å². The minimum atomic E-state index is -0.212. The van der Waals surface area contributed by atoms with Crippen LogP contribution >= 0.6 is 11.6 Å². The average molecular weight is 350 g/mol. The molecular formula is C18H24ClN3O2. The number of aromatic hydroxyl groups is 1. The summed E-state index contributed by atoms with van der Waals surface area (Å²) < 4.78 is 0. The SMILES string of the molecule is C=C(N)/N=C(NC(C)=O)\C(=C/C)C(=C)C.Cc1c(O)cccc1Cl. The molecule has 0 bridgehead atoms. The van der Waals surface area contributed by atoms with Gasteiger partial charge in [-0.1, -0.05) is 36.9 Å². The number of carbonyl (C=O) groups is 1. The minimum absolute atomic E-state index is 0.138. The number of amides is 1. The quantitative estimate of drug-likeness (QED) is 0.440. The normalized spacial score (nSPS) is 11.2. The number of phenols is 1. The van der Waals surface area contributed by atoms with Crippen molar-refractivity contribution >= 4 is 23.3 Å². The van der Waals surface area contributed by atoms with E-state index in [1.54, 1.807) is 31.2 Å². The van der Waals surface area contributed by atoms with E-state index in [1.165, 1.54) is 6.92 Å². The Hall–Kier alpha value is -2.53. The highest BCUT2D eigenvalue weighted by atomic mass is 35.5. The first-order valence-electron chi connectivity index (χ1n) is 7.17. The summed E-state index contributed by atoms with van der Waals surface area (Å²) in [7, 11) is 0. The molecule has 0 spiro atoms. The number of carbonyl (C=O) groups excluding carboxylic acids is 1. The largest absolute Gasteiger partial charge is 0.508 e. The molecule has 4 N–H and O–H groups in total. The number of hydrogen-bond acceptors (Lipinski definition) is 4. The first-order chi connectivity index (χ1) is 11.1. The van der Waals surface area contributed by atoms with Crippen molar-refractivity contribution in [2.24, 2.45) is 10.7 Å². The molecule has 130 valence electrons. The van der Waals surface area contributed by atoms with E-state index < -0.39 is 0 Å². The number of halogens is 1. The summed E-state index contributed by atoms with van der Waals surface area (Å²) in [6.45, 7) is 14.1. The van der Waals surface area contributed by atoms with E-state index in [9.17, 15) is 4.79 Å². The van der Waals surface area contributed by atoms with E-state index >= 15 is 0 Å². The predicted octanol–water partition coefficient (Wildman–Crippen LogP) is 3.83. The van der Waals surface area contributed by atoms with Crippen LogP contribution in [0.2, 0.25) is 5.02 Å². The second-order valence-corrected chi connectivity index (χ2v) is 5.41. The van der Waals surface area contributed by atoms with Crippen molar-refractivity contribution < 1.29 is 9.90 Å². The Bertz CT molecular complexity index is 671. The van der Waals surface area contributed by atoms with Crippen LogP contribution in [0.15, 0.2) is 59.4 Å². The molecule has 0 atom stereocenters. The van der Waals surface area contributed by atoms with E-state index in [1.807, 2.05) is 13.8 Å². The van der Waals surface area contributed by atoms with E-state index in [4.69, 9.17) is 22.4 Å². The lowest BCUT2D eigenvalue weighted by atomic mass is 10.1. The van der Waals surface area contributed by atoms with E-state index in [-0.39, 0.29) is 17.5 Å². The molecule has 1 rings (SSSR count). The first-order valence-corrected chi connectivity index (χ1v) is 7.55. The zero-order valence-electron chi connectivity index (χ0n) is 14.5. The van der Waals surface area contributed by atoms with Crippen molar-refractivity contribution in [1.29, 1.82) is 0 Å². The number of allylic oxidation sites excluding steroid dienone is 1. The minimum Gasteiger partial charge on any atom is -0.508 e. The average Bonchev–Trinajstić information content (AvgIpc) is 2.44. The number of hydrogen-bond donors (Lipinski definition) is 3. The molecule has 0 aromatic heterocycles. The number of rotatable bonds is 3. The van der Waals surface area contributed by atoms with Gasteiger partial charge < -0.3 is 16.2 Å². The molecular weight excluding hydrogens is 326 g/mol. The number of nitrogens with zero attached hydrogens (tertiary/aromatic N) is 1. The van der Waals surface area contributed by atoms with Gasteiger partial charge in [-0.15, -0.1) is 0 Å². The Labute approximate surface area is 148 Å². The number of benzene rings is 1. The molecule has 5 nitrogen and oxygen atoms in total. The summed E-state index contributed by atoms with van der Waals surface area (Å²) in [6, 6.07) is 5.07. The summed E-state index contributed by atoms with van der Waals surface area (Å²) in [5, 5.41) is 12.2. The third-order valence-electron chi connectivity index (χ3n) is 2.79. The molecule has 0 saturated heterocycles. The number of phenolic OH excluding ortho intramolecular Hbond substituents is 1. The third-order valence-corrected chi connectivity index (χ3v) is 3.20. The number of nitrogens with one attached hydrogen (secondary N) is 1. The van der Waals surface area contributed by atoms with E-state index in [0.29, 0.717) is 10.9 Å². The maximum absolute atomic E-state index is 11.0. The molecule has 0 aliphatic heterocycles. The monoisotopic (exact) mass is 349 g/mol. The highest BCUT2D eigenvalue weighted by molar-refractivity contribution is 6.31. The number of aliphatic imine (C=N–C) groups is 1. The zero-order chi connectivity index (χ0) is 18.9. The van der Waals surface area contributed by atoms with Gasteiger partial charge in [-0.2, -0.15) is 0 Å². The van der Waals surface area contributed by atoms with Crippen molar-refractivity contribution in [1.82, 2.24) is 5.32 Å². The summed E-state index contributed by atoms with van der Waals surface area (Å²) in [5.41, 5.74) is 7.65. The molecule has 1 amide bonds. The van der Waals surface area contributed by atoms with Gasteiger partial charge in [0, 0.05) is 23.1 Å². The van der Waals surface area contributed by atoms with Gasteiger partial charge in [0.2, 0.25) is 5.91 Å². The molecule has 1 aromatic carbocycles. The van der Waals surface area contributed by atoms with E-state index in [2.05, 4.69) is 23.5 Å². The van der Waals surface area contributed by atoms with Gasteiger partial charge >= 0.3 is 0 Å². The van der Waals surface area contributed by atoms with Gasteiger partial charge in [-0.25, -0.2) is 4.99 Å². The van der Waals surface area contributed by atoms with Crippen molar-refractivity contribution in [2.75, 3.05) is 0 Å². The molecule has 0 saturated carbocycles. The van der Waals surface area contributed by atoms with Crippen LogP contribution in [0.5, 0.6) is 5.75 Å². The van der Waals surface area contributed by atoms with Gasteiger partial charge in [-0.05, 0) is 38.5 Å². The molecule has 1 aromatic rings. The predicted molar refractivity (Wildman–Crippen MR) is 101 cm³/mol. The molecule has 24 heavy (non-hydrogen) atoms. The Kier molecular flexibility index (Phi) is 9.20. The molecule has 0 aliphatic rings. The smallest absolute Gasteiger partial charge is 0.222 e. The second-order valence-electron chi connectivity index (χ2n) is 5.00. The summed E-state index contributed by atoms with van der Waals surface area (Å²) in [4.78, 5) is 14.9. The highest BCUT2D eigenvalue weighted by Crippen LogP contribution is 2.22. The highest BCUT2D eigenvalue weighted by Gasteiger charge is 2.08. The molecule has 0 aliphatic carbocycles. The first kappa shape index (κ1) is 21.5. The van der Waals surface area contributed by atoms with Crippen LogP contribution < -0.4 is 11.1 Å². The van der Waals surface area contributed by atoms with Crippen LogP contribution in [0.4, 0.5) is 0 Å². The maximum Gasteiger partial charge on any atom is 0.222 e. The van der Waals surface area contributed by atoms with Crippen LogP contribution in [-0.4, -0.2) is 16.8 Å². The molecule has 0 radical (unpaired) electrons. The van der Waals surface area contributed by atoms with Crippen LogP contribution in [0, 0.1) is 6.92 Å². The standard InChI is InChI=1S/C11H17N3O.C7H7ClO/c1-6-10(7(2)3)11(13-8(4)12)14-9(5)15;1-5-6(8)3-2-4-7(5)9/h6H,2,4,12H2,1,3,5H3,(H,13,14,15);2-4,9H,1H3/b10-6-;. The maximum atomic E-state index is 11.0. The van der Waals surface area contributed by atoms with Crippen molar-refractivity contribution in [3.63, 3.8) is 0 Å². The van der Waals surface area contributed by atoms with Gasteiger partial charge in [0.05, 0.1) is 0 Å². The molecule has 0 heterocycles. The Morgan fingerprint density at radius 3 is 2.29 bits per heavy atom.